The molecule has 2 nitrogen and oxygen atoms in total. The van der Waals surface area contributed by atoms with E-state index in [4.69, 9.17) is 4.98 Å². The first kappa shape index (κ1) is 15.7. The number of fused-ring (bicyclic) bond motifs is 3. The predicted octanol–water partition coefficient (Wildman–Crippen LogP) is 6.22. The zero-order chi connectivity index (χ0) is 17.2. The Kier molecular flexibility index (Phi) is 4.15. The molecule has 4 aromatic rings. The van der Waals surface area contributed by atoms with Crippen LogP contribution >= 0.6 is 11.3 Å². The highest BCUT2D eigenvalue weighted by Gasteiger charge is 2.06. The molecule has 0 saturated carbocycles. The number of thiazole rings is 1. The zero-order valence-electron chi connectivity index (χ0n) is 13.0. The van der Waals surface area contributed by atoms with Crippen molar-refractivity contribution in [3.05, 3.63) is 71.2 Å². The molecule has 25 heavy (non-hydrogen) atoms. The number of alkyl halides is 2. The molecule has 5 heteroatoms. The fourth-order valence-electron chi connectivity index (χ4n) is 2.68. The Morgan fingerprint density at radius 2 is 1.72 bits per heavy atom. The van der Waals surface area contributed by atoms with Crippen LogP contribution in [0.5, 0.6) is 5.75 Å². The number of benzene rings is 3. The van der Waals surface area contributed by atoms with Crippen molar-refractivity contribution in [1.82, 2.24) is 4.98 Å². The first-order valence-corrected chi connectivity index (χ1v) is 8.52. The first-order chi connectivity index (χ1) is 12.2. The van der Waals surface area contributed by atoms with Gasteiger partial charge in [0.1, 0.15) is 10.8 Å². The lowest BCUT2D eigenvalue weighted by Gasteiger charge is -2.03. The fourth-order valence-corrected chi connectivity index (χ4v) is 3.56. The summed E-state index contributed by atoms with van der Waals surface area (Å²) in [7, 11) is 0. The lowest BCUT2D eigenvalue weighted by atomic mass is 10.1. The van der Waals surface area contributed by atoms with Gasteiger partial charge in [-0.3, -0.25) is 0 Å². The molecular formula is C20H13F2NOS. The monoisotopic (exact) mass is 353 g/mol. The molecule has 0 saturated heterocycles. The van der Waals surface area contributed by atoms with Crippen molar-refractivity contribution in [2.24, 2.45) is 0 Å². The van der Waals surface area contributed by atoms with Crippen LogP contribution in [-0.2, 0) is 0 Å². The van der Waals surface area contributed by atoms with Gasteiger partial charge in [0.05, 0.1) is 10.2 Å². The fraction of sp³-hybridized carbons (Fsp3) is 0.0500. The van der Waals surface area contributed by atoms with E-state index in [1.54, 1.807) is 23.5 Å². The van der Waals surface area contributed by atoms with Crippen molar-refractivity contribution in [3.8, 4) is 5.75 Å². The van der Waals surface area contributed by atoms with Crippen molar-refractivity contribution >= 4 is 44.5 Å². The maximum absolute atomic E-state index is 12.2. The van der Waals surface area contributed by atoms with Gasteiger partial charge in [-0.2, -0.15) is 8.78 Å². The number of aromatic nitrogens is 1. The molecule has 0 bridgehead atoms. The molecule has 1 heterocycles. The van der Waals surface area contributed by atoms with E-state index in [0.717, 1.165) is 26.2 Å². The third-order valence-corrected chi connectivity index (χ3v) is 4.81. The minimum atomic E-state index is -2.81. The van der Waals surface area contributed by atoms with Crippen LogP contribution < -0.4 is 4.74 Å². The standard InChI is InChI=1S/C20H13F2NOS/c21-20(22)24-15-9-5-13(6-10-15)7-12-18-23-19-16-4-2-1-3-14(16)8-11-17(19)25-18/h1-12,20H. The van der Waals surface area contributed by atoms with Gasteiger partial charge >= 0.3 is 6.61 Å². The lowest BCUT2D eigenvalue weighted by Crippen LogP contribution is -2.01. The highest BCUT2D eigenvalue weighted by Crippen LogP contribution is 2.30. The van der Waals surface area contributed by atoms with Gasteiger partial charge in [-0.15, -0.1) is 11.3 Å². The summed E-state index contributed by atoms with van der Waals surface area (Å²) in [6, 6.07) is 18.9. The van der Waals surface area contributed by atoms with Gasteiger partial charge in [0, 0.05) is 5.39 Å². The van der Waals surface area contributed by atoms with E-state index in [0.29, 0.717) is 0 Å². The highest BCUT2D eigenvalue weighted by atomic mass is 32.1. The molecule has 0 radical (unpaired) electrons. The average Bonchev–Trinajstić information content (AvgIpc) is 3.04. The number of halogens is 2. The minimum Gasteiger partial charge on any atom is -0.435 e. The smallest absolute Gasteiger partial charge is 0.387 e. The van der Waals surface area contributed by atoms with E-state index in [1.807, 2.05) is 24.3 Å². The molecule has 3 aromatic carbocycles. The Morgan fingerprint density at radius 3 is 2.52 bits per heavy atom. The summed E-state index contributed by atoms with van der Waals surface area (Å²) in [5.74, 6) is 0.151. The highest BCUT2D eigenvalue weighted by molar-refractivity contribution is 7.19. The van der Waals surface area contributed by atoms with Crippen LogP contribution in [0.25, 0.3) is 33.1 Å². The molecule has 0 amide bonds. The summed E-state index contributed by atoms with van der Waals surface area (Å²) in [6.07, 6.45) is 3.84. The maximum atomic E-state index is 12.2. The molecule has 4 rings (SSSR count). The molecule has 0 aliphatic rings. The topological polar surface area (TPSA) is 22.1 Å². The predicted molar refractivity (Wildman–Crippen MR) is 99.1 cm³/mol. The normalized spacial score (nSPS) is 11.8. The number of rotatable bonds is 4. The van der Waals surface area contributed by atoms with E-state index in [-0.39, 0.29) is 5.75 Å². The third-order valence-electron chi connectivity index (χ3n) is 3.82. The second-order valence-corrected chi connectivity index (χ2v) is 6.53. The molecule has 0 unspecified atom stereocenters. The van der Waals surface area contributed by atoms with Crippen LogP contribution in [0, 0.1) is 0 Å². The van der Waals surface area contributed by atoms with Gasteiger partial charge in [0.25, 0.3) is 0 Å². The van der Waals surface area contributed by atoms with Crippen LogP contribution in [0.4, 0.5) is 8.78 Å². The van der Waals surface area contributed by atoms with Crippen LogP contribution in [-0.4, -0.2) is 11.6 Å². The largest absolute Gasteiger partial charge is 0.435 e. The minimum absolute atomic E-state index is 0.151. The Labute approximate surface area is 147 Å². The SMILES string of the molecule is FC(F)Oc1ccc(C=Cc2nc3c(ccc4ccccc43)s2)cc1. The maximum Gasteiger partial charge on any atom is 0.387 e. The van der Waals surface area contributed by atoms with Crippen LogP contribution in [0.1, 0.15) is 10.6 Å². The van der Waals surface area contributed by atoms with E-state index in [2.05, 4.69) is 29.0 Å². The van der Waals surface area contributed by atoms with Crippen molar-refractivity contribution < 1.29 is 13.5 Å². The second kappa shape index (κ2) is 6.61. The van der Waals surface area contributed by atoms with Crippen molar-refractivity contribution in [1.29, 1.82) is 0 Å². The van der Waals surface area contributed by atoms with Gasteiger partial charge in [-0.05, 0) is 35.2 Å². The van der Waals surface area contributed by atoms with Crippen molar-refractivity contribution in [2.45, 2.75) is 6.61 Å². The molecule has 0 aliphatic heterocycles. The summed E-state index contributed by atoms with van der Waals surface area (Å²) in [5.41, 5.74) is 1.90. The molecular weight excluding hydrogens is 340 g/mol. The zero-order valence-corrected chi connectivity index (χ0v) is 13.8. The van der Waals surface area contributed by atoms with Crippen LogP contribution in [0.3, 0.4) is 0 Å². The van der Waals surface area contributed by atoms with E-state index in [1.165, 1.54) is 17.5 Å². The molecule has 0 aliphatic carbocycles. The number of hydrogen-bond donors (Lipinski definition) is 0. The molecule has 0 spiro atoms. The quantitative estimate of drug-likeness (QED) is 0.434. The van der Waals surface area contributed by atoms with E-state index >= 15 is 0 Å². The molecule has 1 aromatic heterocycles. The summed E-state index contributed by atoms with van der Waals surface area (Å²) >= 11 is 1.62. The van der Waals surface area contributed by atoms with Gasteiger partial charge in [-0.25, -0.2) is 4.98 Å². The molecule has 0 atom stereocenters. The molecule has 124 valence electrons. The van der Waals surface area contributed by atoms with Gasteiger partial charge in [-0.1, -0.05) is 48.5 Å². The van der Waals surface area contributed by atoms with Gasteiger partial charge < -0.3 is 4.74 Å². The average molecular weight is 353 g/mol. The summed E-state index contributed by atoms with van der Waals surface area (Å²) in [4.78, 5) is 4.72. The number of nitrogens with zero attached hydrogens (tertiary/aromatic N) is 1. The third kappa shape index (κ3) is 3.37. The Hall–Kier alpha value is -2.79. The number of hydrogen-bond acceptors (Lipinski definition) is 3. The summed E-state index contributed by atoms with van der Waals surface area (Å²) in [6.45, 7) is -2.81. The lowest BCUT2D eigenvalue weighted by molar-refractivity contribution is -0.0498. The van der Waals surface area contributed by atoms with Crippen molar-refractivity contribution in [2.75, 3.05) is 0 Å². The molecule has 0 fully saturated rings. The van der Waals surface area contributed by atoms with Crippen LogP contribution in [0.2, 0.25) is 0 Å². The van der Waals surface area contributed by atoms with Crippen LogP contribution in [0.15, 0.2) is 60.7 Å². The summed E-state index contributed by atoms with van der Waals surface area (Å²) < 4.78 is 29.8. The Bertz CT molecular complexity index is 1050. The van der Waals surface area contributed by atoms with Gasteiger partial charge in [0.15, 0.2) is 0 Å². The van der Waals surface area contributed by atoms with Crippen molar-refractivity contribution in [3.63, 3.8) is 0 Å². The Morgan fingerprint density at radius 1 is 0.920 bits per heavy atom. The van der Waals surface area contributed by atoms with E-state index in [9.17, 15) is 8.78 Å². The summed E-state index contributed by atoms with van der Waals surface area (Å²) in [5, 5.41) is 3.22. The second-order valence-electron chi connectivity index (χ2n) is 5.47. The van der Waals surface area contributed by atoms with Gasteiger partial charge in [0.2, 0.25) is 0 Å². The first-order valence-electron chi connectivity index (χ1n) is 7.70. The Balaban J connectivity index is 1.62. The number of ether oxygens (including phenoxy) is 1. The molecule has 0 N–H and O–H groups in total. The van der Waals surface area contributed by atoms with E-state index < -0.39 is 6.61 Å².